The number of esters is 1. The standard InChI is InChI=1S/C28H23BrCl2N2O5/c1-3-36-25-13-19(22(29)14-26(25)38-16-17-5-10-23(30)24(31)11-17)12-20(15-32)27(34)33-21-8-6-18(7-9-21)28(35)37-4-2/h5-14H,3-4,16H2,1-2H3,(H,33,34)/b20-12+. The Morgan fingerprint density at radius 2 is 1.68 bits per heavy atom. The van der Waals surface area contributed by atoms with Crippen LogP contribution in [0, 0.1) is 11.3 Å². The molecule has 0 unspecified atom stereocenters. The average molecular weight is 618 g/mol. The highest BCUT2D eigenvalue weighted by atomic mass is 79.9. The van der Waals surface area contributed by atoms with Crippen molar-refractivity contribution in [2.24, 2.45) is 0 Å². The second-order valence-corrected chi connectivity index (χ2v) is 9.38. The molecular formula is C28H23BrCl2N2O5. The second kappa shape index (κ2) is 13.9. The van der Waals surface area contributed by atoms with Gasteiger partial charge in [0.05, 0.1) is 28.8 Å². The zero-order chi connectivity index (χ0) is 27.7. The highest BCUT2D eigenvalue weighted by Gasteiger charge is 2.15. The fourth-order valence-electron chi connectivity index (χ4n) is 3.24. The number of nitrogens with zero attached hydrogens (tertiary/aromatic N) is 1. The van der Waals surface area contributed by atoms with Crippen LogP contribution in [0.3, 0.4) is 0 Å². The Hall–Kier alpha value is -3.51. The Bertz CT molecular complexity index is 1400. The molecule has 0 atom stereocenters. The molecule has 0 radical (unpaired) electrons. The molecule has 0 aromatic heterocycles. The van der Waals surface area contributed by atoms with E-state index in [9.17, 15) is 14.9 Å². The molecule has 0 aliphatic carbocycles. The van der Waals surface area contributed by atoms with E-state index in [-0.39, 0.29) is 18.8 Å². The number of carbonyl (C=O) groups excluding carboxylic acids is 2. The van der Waals surface area contributed by atoms with E-state index in [0.29, 0.717) is 49.4 Å². The highest BCUT2D eigenvalue weighted by Crippen LogP contribution is 2.36. The minimum absolute atomic E-state index is 0.132. The summed E-state index contributed by atoms with van der Waals surface area (Å²) < 4.78 is 17.2. The van der Waals surface area contributed by atoms with Gasteiger partial charge in [-0.3, -0.25) is 4.79 Å². The van der Waals surface area contributed by atoms with E-state index in [0.717, 1.165) is 5.56 Å². The summed E-state index contributed by atoms with van der Waals surface area (Å²) in [5.74, 6) is -0.163. The molecule has 38 heavy (non-hydrogen) atoms. The molecule has 0 fully saturated rings. The normalized spacial score (nSPS) is 10.9. The molecule has 0 aliphatic rings. The van der Waals surface area contributed by atoms with E-state index in [4.69, 9.17) is 37.4 Å². The van der Waals surface area contributed by atoms with Gasteiger partial charge in [0, 0.05) is 10.2 Å². The van der Waals surface area contributed by atoms with E-state index < -0.39 is 11.9 Å². The van der Waals surface area contributed by atoms with E-state index in [1.807, 2.05) is 19.1 Å². The lowest BCUT2D eigenvalue weighted by atomic mass is 10.1. The number of ether oxygens (including phenoxy) is 3. The van der Waals surface area contributed by atoms with Gasteiger partial charge in [0.15, 0.2) is 11.5 Å². The average Bonchev–Trinajstić information content (AvgIpc) is 2.90. The summed E-state index contributed by atoms with van der Waals surface area (Å²) in [6, 6.07) is 16.7. The van der Waals surface area contributed by atoms with Crippen molar-refractivity contribution in [3.8, 4) is 17.6 Å². The van der Waals surface area contributed by atoms with Gasteiger partial charge < -0.3 is 19.5 Å². The molecule has 3 rings (SSSR count). The van der Waals surface area contributed by atoms with Crippen molar-refractivity contribution in [2.75, 3.05) is 18.5 Å². The lowest BCUT2D eigenvalue weighted by Crippen LogP contribution is -2.13. The molecule has 7 nitrogen and oxygen atoms in total. The number of halogens is 3. The largest absolute Gasteiger partial charge is 0.490 e. The second-order valence-electron chi connectivity index (χ2n) is 7.71. The summed E-state index contributed by atoms with van der Waals surface area (Å²) in [5.41, 5.74) is 2.01. The maximum atomic E-state index is 12.8. The van der Waals surface area contributed by atoms with Crippen molar-refractivity contribution in [1.82, 2.24) is 0 Å². The van der Waals surface area contributed by atoms with E-state index in [1.165, 1.54) is 18.2 Å². The summed E-state index contributed by atoms with van der Waals surface area (Å²) in [4.78, 5) is 24.6. The quantitative estimate of drug-likeness (QED) is 0.144. The SMILES string of the molecule is CCOC(=O)c1ccc(NC(=O)/C(C#N)=C/c2cc(OCC)c(OCc3ccc(Cl)c(Cl)c3)cc2Br)cc1. The molecule has 3 aromatic rings. The van der Waals surface area contributed by atoms with Crippen LogP contribution < -0.4 is 14.8 Å². The summed E-state index contributed by atoms with van der Waals surface area (Å²) >= 11 is 15.6. The third kappa shape index (κ3) is 7.75. The third-order valence-electron chi connectivity index (χ3n) is 5.06. The number of carbonyl (C=O) groups is 2. The first-order valence-electron chi connectivity index (χ1n) is 11.5. The molecule has 0 spiro atoms. The van der Waals surface area contributed by atoms with Crippen LogP contribution in [0.5, 0.6) is 11.5 Å². The summed E-state index contributed by atoms with van der Waals surface area (Å²) in [6.45, 7) is 4.41. The topological polar surface area (TPSA) is 97.7 Å². The predicted molar refractivity (Wildman–Crippen MR) is 151 cm³/mol. The van der Waals surface area contributed by atoms with Crippen LogP contribution >= 0.6 is 39.1 Å². The number of rotatable bonds is 10. The van der Waals surface area contributed by atoms with Gasteiger partial charge in [0.25, 0.3) is 5.91 Å². The zero-order valence-corrected chi connectivity index (χ0v) is 23.6. The van der Waals surface area contributed by atoms with E-state index in [1.54, 1.807) is 43.3 Å². The molecule has 3 aromatic carbocycles. The molecule has 0 aliphatic heterocycles. The van der Waals surface area contributed by atoms with Crippen LogP contribution in [-0.2, 0) is 16.1 Å². The van der Waals surface area contributed by atoms with Gasteiger partial charge in [-0.15, -0.1) is 0 Å². The lowest BCUT2D eigenvalue weighted by molar-refractivity contribution is -0.112. The van der Waals surface area contributed by atoms with Crippen LogP contribution in [0.15, 0.2) is 64.6 Å². The van der Waals surface area contributed by atoms with Crippen LogP contribution in [0.1, 0.15) is 35.3 Å². The first-order chi connectivity index (χ1) is 18.2. The van der Waals surface area contributed by atoms with Crippen molar-refractivity contribution in [2.45, 2.75) is 20.5 Å². The minimum Gasteiger partial charge on any atom is -0.490 e. The van der Waals surface area contributed by atoms with Crippen molar-refractivity contribution < 1.29 is 23.8 Å². The first-order valence-corrected chi connectivity index (χ1v) is 13.0. The summed E-state index contributed by atoms with van der Waals surface area (Å²) in [6.07, 6.45) is 1.44. The number of nitrogens with one attached hydrogen (secondary N) is 1. The summed E-state index contributed by atoms with van der Waals surface area (Å²) in [7, 11) is 0. The molecule has 1 amide bonds. The predicted octanol–water partition coefficient (Wildman–Crippen LogP) is 7.46. The molecule has 10 heteroatoms. The van der Waals surface area contributed by atoms with Gasteiger partial charge in [0.1, 0.15) is 18.2 Å². The smallest absolute Gasteiger partial charge is 0.338 e. The van der Waals surface area contributed by atoms with Crippen LogP contribution in [0.4, 0.5) is 5.69 Å². The van der Waals surface area contributed by atoms with Crippen LogP contribution in [-0.4, -0.2) is 25.1 Å². The van der Waals surface area contributed by atoms with Crippen molar-refractivity contribution in [1.29, 1.82) is 5.26 Å². The van der Waals surface area contributed by atoms with Gasteiger partial charge in [0.2, 0.25) is 0 Å². The van der Waals surface area contributed by atoms with E-state index >= 15 is 0 Å². The van der Waals surface area contributed by atoms with Gasteiger partial charge in [-0.05, 0) is 79.6 Å². The van der Waals surface area contributed by atoms with Gasteiger partial charge >= 0.3 is 5.97 Å². The number of hydrogen-bond donors (Lipinski definition) is 1. The minimum atomic E-state index is -0.610. The van der Waals surface area contributed by atoms with Crippen molar-refractivity contribution in [3.63, 3.8) is 0 Å². The lowest BCUT2D eigenvalue weighted by Gasteiger charge is -2.14. The molecule has 0 saturated carbocycles. The fourth-order valence-corrected chi connectivity index (χ4v) is 4.00. The van der Waals surface area contributed by atoms with Crippen LogP contribution in [0.25, 0.3) is 6.08 Å². The van der Waals surface area contributed by atoms with Crippen molar-refractivity contribution >= 4 is 62.8 Å². The third-order valence-corrected chi connectivity index (χ3v) is 6.49. The highest BCUT2D eigenvalue weighted by molar-refractivity contribution is 9.10. The van der Waals surface area contributed by atoms with Gasteiger partial charge in [-0.25, -0.2) is 4.79 Å². The maximum absolute atomic E-state index is 12.8. The molecule has 0 heterocycles. The number of hydrogen-bond acceptors (Lipinski definition) is 6. The number of anilines is 1. The Morgan fingerprint density at radius 1 is 0.974 bits per heavy atom. The monoisotopic (exact) mass is 616 g/mol. The number of amides is 1. The van der Waals surface area contributed by atoms with Gasteiger partial charge in [-0.1, -0.05) is 45.2 Å². The Morgan fingerprint density at radius 3 is 2.32 bits per heavy atom. The summed E-state index contributed by atoms with van der Waals surface area (Å²) in [5, 5.41) is 13.2. The van der Waals surface area contributed by atoms with E-state index in [2.05, 4.69) is 21.2 Å². The molecule has 0 saturated heterocycles. The molecular weight excluding hydrogens is 595 g/mol. The number of benzene rings is 3. The van der Waals surface area contributed by atoms with Crippen LogP contribution in [0.2, 0.25) is 10.0 Å². The maximum Gasteiger partial charge on any atom is 0.338 e. The first kappa shape index (κ1) is 29.1. The molecule has 0 bridgehead atoms. The molecule has 196 valence electrons. The number of nitriles is 1. The fraction of sp³-hybridized carbons (Fsp3) is 0.179. The zero-order valence-electron chi connectivity index (χ0n) is 20.5. The Labute approximate surface area is 239 Å². The molecule has 1 N–H and O–H groups in total. The van der Waals surface area contributed by atoms with Gasteiger partial charge in [-0.2, -0.15) is 5.26 Å². The Kier molecular flexibility index (Phi) is 10.6. The Balaban J connectivity index is 1.79. The van der Waals surface area contributed by atoms with Crippen molar-refractivity contribution in [3.05, 3.63) is 91.4 Å².